The standard InChI is InChI=1S/C23H38O8/c1-8-15(5)21(27)28-13-17-18(25)19(26)20(29-16(6)24)22(30-17)31-23(7,9-2)12-10-11-14(3)4/h9,11,15,17-20,22,25-26H,2,8,10,12-13H2,1,3-7H3/t15-,17-,18-,19+,20-,22+,23-/m1/s1. The number of hydrogen-bond acceptors (Lipinski definition) is 8. The van der Waals surface area contributed by atoms with Gasteiger partial charge in [-0.3, -0.25) is 9.59 Å². The van der Waals surface area contributed by atoms with Crippen LogP contribution < -0.4 is 0 Å². The Bertz CT molecular complexity index is 641. The summed E-state index contributed by atoms with van der Waals surface area (Å²) in [7, 11) is 0. The van der Waals surface area contributed by atoms with E-state index in [0.29, 0.717) is 12.8 Å². The van der Waals surface area contributed by atoms with Gasteiger partial charge in [-0.1, -0.05) is 31.6 Å². The number of ether oxygens (including phenoxy) is 4. The van der Waals surface area contributed by atoms with E-state index in [1.54, 1.807) is 13.0 Å². The van der Waals surface area contributed by atoms with E-state index in [9.17, 15) is 19.8 Å². The fraction of sp³-hybridized carbons (Fsp3) is 0.739. The zero-order chi connectivity index (χ0) is 23.8. The van der Waals surface area contributed by atoms with Gasteiger partial charge in [0.1, 0.15) is 24.9 Å². The normalized spacial score (nSPS) is 28.7. The Kier molecular flexibility index (Phi) is 10.9. The molecule has 0 aromatic heterocycles. The predicted octanol–water partition coefficient (Wildman–Crippen LogP) is 2.66. The molecule has 8 nitrogen and oxygen atoms in total. The van der Waals surface area contributed by atoms with Crippen LogP contribution in [0.2, 0.25) is 0 Å². The number of aliphatic hydroxyl groups excluding tert-OH is 2. The number of hydrogen-bond donors (Lipinski definition) is 2. The van der Waals surface area contributed by atoms with Gasteiger partial charge in [0.25, 0.3) is 0 Å². The number of carbonyl (C=O) groups is 2. The quantitative estimate of drug-likeness (QED) is 0.371. The van der Waals surface area contributed by atoms with Crippen LogP contribution in [-0.2, 0) is 28.5 Å². The first kappa shape index (κ1) is 27.3. The van der Waals surface area contributed by atoms with Crippen LogP contribution in [0.15, 0.2) is 24.3 Å². The van der Waals surface area contributed by atoms with Gasteiger partial charge in [-0.15, -0.1) is 6.58 Å². The van der Waals surface area contributed by atoms with E-state index in [4.69, 9.17) is 18.9 Å². The molecule has 1 heterocycles. The molecule has 7 atom stereocenters. The molecule has 1 aliphatic rings. The van der Waals surface area contributed by atoms with Crippen molar-refractivity contribution < 1.29 is 38.7 Å². The molecule has 8 heteroatoms. The highest BCUT2D eigenvalue weighted by atomic mass is 16.7. The number of esters is 2. The van der Waals surface area contributed by atoms with Crippen LogP contribution in [0.25, 0.3) is 0 Å². The Labute approximate surface area is 185 Å². The largest absolute Gasteiger partial charge is 0.463 e. The lowest BCUT2D eigenvalue weighted by molar-refractivity contribution is -0.322. The lowest BCUT2D eigenvalue weighted by atomic mass is 9.96. The Morgan fingerprint density at radius 2 is 1.87 bits per heavy atom. The van der Waals surface area contributed by atoms with Crippen LogP contribution in [0.4, 0.5) is 0 Å². The van der Waals surface area contributed by atoms with Crippen molar-refractivity contribution in [3.05, 3.63) is 24.3 Å². The second-order valence-corrected chi connectivity index (χ2v) is 8.49. The summed E-state index contributed by atoms with van der Waals surface area (Å²) in [5.74, 6) is -1.38. The molecule has 1 aliphatic heterocycles. The molecule has 0 amide bonds. The molecule has 0 spiro atoms. The van der Waals surface area contributed by atoms with Crippen molar-refractivity contribution in [1.29, 1.82) is 0 Å². The minimum atomic E-state index is -1.48. The summed E-state index contributed by atoms with van der Waals surface area (Å²) in [6, 6.07) is 0. The maximum Gasteiger partial charge on any atom is 0.308 e. The Morgan fingerprint density at radius 1 is 1.23 bits per heavy atom. The molecule has 0 unspecified atom stereocenters. The zero-order valence-electron chi connectivity index (χ0n) is 19.5. The lowest BCUT2D eigenvalue weighted by Crippen LogP contribution is -2.61. The van der Waals surface area contributed by atoms with Gasteiger partial charge < -0.3 is 29.2 Å². The van der Waals surface area contributed by atoms with Crippen molar-refractivity contribution in [3.8, 4) is 0 Å². The van der Waals surface area contributed by atoms with Crippen LogP contribution in [0.3, 0.4) is 0 Å². The van der Waals surface area contributed by atoms with Gasteiger partial charge in [-0.25, -0.2) is 0 Å². The number of carbonyl (C=O) groups excluding carboxylic acids is 2. The van der Waals surface area contributed by atoms with E-state index in [1.165, 1.54) is 12.5 Å². The SMILES string of the molecule is C=C[C@](C)(CCC=C(C)C)O[C@@H]1O[C@H](COC(=O)[C@H](C)CC)[C@@H](O)[C@H](O)[C@H]1OC(C)=O. The minimum Gasteiger partial charge on any atom is -0.463 e. The second kappa shape index (κ2) is 12.3. The van der Waals surface area contributed by atoms with Crippen molar-refractivity contribution in [2.75, 3.05) is 6.61 Å². The van der Waals surface area contributed by atoms with E-state index in [2.05, 4.69) is 12.7 Å². The molecule has 0 bridgehead atoms. The van der Waals surface area contributed by atoms with Crippen molar-refractivity contribution in [2.45, 2.75) is 97.1 Å². The smallest absolute Gasteiger partial charge is 0.308 e. The van der Waals surface area contributed by atoms with Crippen molar-refractivity contribution in [2.24, 2.45) is 5.92 Å². The van der Waals surface area contributed by atoms with Crippen LogP contribution >= 0.6 is 0 Å². The van der Waals surface area contributed by atoms with Crippen LogP contribution in [-0.4, -0.2) is 65.1 Å². The van der Waals surface area contributed by atoms with Gasteiger partial charge in [0.2, 0.25) is 0 Å². The van der Waals surface area contributed by atoms with Gasteiger partial charge in [-0.05, 0) is 40.0 Å². The molecule has 31 heavy (non-hydrogen) atoms. The first-order valence-electron chi connectivity index (χ1n) is 10.7. The van der Waals surface area contributed by atoms with Gasteiger partial charge in [0.15, 0.2) is 12.4 Å². The fourth-order valence-corrected chi connectivity index (χ4v) is 3.05. The van der Waals surface area contributed by atoms with Crippen LogP contribution in [0.1, 0.15) is 60.8 Å². The second-order valence-electron chi connectivity index (χ2n) is 8.49. The van der Waals surface area contributed by atoms with Gasteiger partial charge in [0.05, 0.1) is 11.5 Å². The molecule has 0 radical (unpaired) electrons. The summed E-state index contributed by atoms with van der Waals surface area (Å²) in [4.78, 5) is 23.6. The molecule has 1 fully saturated rings. The highest BCUT2D eigenvalue weighted by molar-refractivity contribution is 5.71. The van der Waals surface area contributed by atoms with Crippen LogP contribution in [0.5, 0.6) is 0 Å². The van der Waals surface area contributed by atoms with Crippen LogP contribution in [0, 0.1) is 5.92 Å². The topological polar surface area (TPSA) is 112 Å². The third-order valence-electron chi connectivity index (χ3n) is 5.36. The molecule has 1 saturated heterocycles. The van der Waals surface area contributed by atoms with E-state index in [1.807, 2.05) is 27.7 Å². The van der Waals surface area contributed by atoms with E-state index < -0.39 is 48.2 Å². The lowest BCUT2D eigenvalue weighted by Gasteiger charge is -2.44. The molecule has 0 aromatic carbocycles. The Hall–Kier alpha value is -1.74. The highest BCUT2D eigenvalue weighted by Gasteiger charge is 2.49. The number of allylic oxidation sites excluding steroid dienone is 2. The minimum absolute atomic E-state index is 0.267. The summed E-state index contributed by atoms with van der Waals surface area (Å²) in [5.41, 5.74) is 0.314. The predicted molar refractivity (Wildman–Crippen MR) is 115 cm³/mol. The monoisotopic (exact) mass is 442 g/mol. The average Bonchev–Trinajstić information content (AvgIpc) is 2.70. The number of rotatable bonds is 11. The van der Waals surface area contributed by atoms with Crippen molar-refractivity contribution >= 4 is 11.9 Å². The van der Waals surface area contributed by atoms with Gasteiger partial charge >= 0.3 is 11.9 Å². The molecule has 178 valence electrons. The van der Waals surface area contributed by atoms with E-state index >= 15 is 0 Å². The fourth-order valence-electron chi connectivity index (χ4n) is 3.05. The molecule has 2 N–H and O–H groups in total. The van der Waals surface area contributed by atoms with Gasteiger partial charge in [-0.2, -0.15) is 0 Å². The number of aliphatic hydroxyl groups is 2. The maximum absolute atomic E-state index is 12.0. The molecule has 0 aliphatic carbocycles. The first-order valence-corrected chi connectivity index (χ1v) is 10.7. The average molecular weight is 443 g/mol. The summed E-state index contributed by atoms with van der Waals surface area (Å²) in [5, 5.41) is 21.1. The van der Waals surface area contributed by atoms with E-state index in [0.717, 1.165) is 6.42 Å². The summed E-state index contributed by atoms with van der Waals surface area (Å²) >= 11 is 0. The third kappa shape index (κ3) is 8.37. The first-order chi connectivity index (χ1) is 14.4. The molecule has 0 saturated carbocycles. The summed E-state index contributed by atoms with van der Waals surface area (Å²) < 4.78 is 22.3. The zero-order valence-corrected chi connectivity index (χ0v) is 19.5. The Balaban J connectivity index is 3.01. The van der Waals surface area contributed by atoms with Crippen molar-refractivity contribution in [3.63, 3.8) is 0 Å². The Morgan fingerprint density at radius 3 is 2.39 bits per heavy atom. The van der Waals surface area contributed by atoms with Gasteiger partial charge in [0, 0.05) is 6.92 Å². The molecular formula is C23H38O8. The molecular weight excluding hydrogens is 404 g/mol. The maximum atomic E-state index is 12.0. The molecule has 0 aromatic rings. The molecule has 1 rings (SSSR count). The van der Waals surface area contributed by atoms with Crippen molar-refractivity contribution in [1.82, 2.24) is 0 Å². The highest BCUT2D eigenvalue weighted by Crippen LogP contribution is 2.31. The third-order valence-corrected chi connectivity index (χ3v) is 5.36. The summed E-state index contributed by atoms with van der Waals surface area (Å²) in [6.45, 7) is 14.2. The van der Waals surface area contributed by atoms with E-state index in [-0.39, 0.29) is 12.5 Å². The summed E-state index contributed by atoms with van der Waals surface area (Å²) in [6.07, 6.45) is -0.831.